The maximum Gasteiger partial charge on any atom is 0.319 e. The van der Waals surface area contributed by atoms with Gasteiger partial charge in [0.05, 0.1) is 6.10 Å². The van der Waals surface area contributed by atoms with Crippen molar-refractivity contribution in [3.63, 3.8) is 0 Å². The molecule has 0 radical (unpaired) electrons. The zero-order chi connectivity index (χ0) is 12.1. The van der Waals surface area contributed by atoms with Gasteiger partial charge in [-0.2, -0.15) is 0 Å². The van der Waals surface area contributed by atoms with Crippen molar-refractivity contribution in [1.29, 1.82) is 0 Å². The number of carbonyl (C=O) groups is 1. The lowest BCUT2D eigenvalue weighted by molar-refractivity contribution is 0.112. The number of rotatable bonds is 3. The molecule has 1 heterocycles. The Morgan fingerprint density at radius 1 is 1.41 bits per heavy atom. The number of amides is 2. The summed E-state index contributed by atoms with van der Waals surface area (Å²) in [6.45, 7) is 3.41. The Labute approximate surface area is 101 Å². The molecule has 2 amide bonds. The number of anilines is 1. The van der Waals surface area contributed by atoms with Crippen LogP contribution in [0.5, 0.6) is 0 Å². The molecule has 0 saturated carbocycles. The molecule has 4 heteroatoms. The molecular weight excluding hydrogens is 216 g/mol. The van der Waals surface area contributed by atoms with E-state index in [1.54, 1.807) is 0 Å². The number of nitrogens with one attached hydrogen (secondary N) is 2. The van der Waals surface area contributed by atoms with Gasteiger partial charge in [0.25, 0.3) is 0 Å². The van der Waals surface area contributed by atoms with Crippen molar-refractivity contribution in [2.75, 3.05) is 18.5 Å². The zero-order valence-corrected chi connectivity index (χ0v) is 10.0. The average molecular weight is 234 g/mol. The number of hydrogen-bond acceptors (Lipinski definition) is 2. The van der Waals surface area contributed by atoms with E-state index >= 15 is 0 Å². The van der Waals surface area contributed by atoms with E-state index in [-0.39, 0.29) is 12.1 Å². The minimum absolute atomic E-state index is 0.177. The van der Waals surface area contributed by atoms with Crippen molar-refractivity contribution in [3.8, 4) is 0 Å². The van der Waals surface area contributed by atoms with E-state index < -0.39 is 0 Å². The van der Waals surface area contributed by atoms with E-state index in [1.807, 2.05) is 31.2 Å². The van der Waals surface area contributed by atoms with Crippen molar-refractivity contribution < 1.29 is 9.53 Å². The summed E-state index contributed by atoms with van der Waals surface area (Å²) in [6, 6.07) is 7.54. The van der Waals surface area contributed by atoms with Gasteiger partial charge in [0.15, 0.2) is 0 Å². The van der Waals surface area contributed by atoms with Crippen molar-refractivity contribution in [2.45, 2.75) is 25.9 Å². The summed E-state index contributed by atoms with van der Waals surface area (Å²) in [6.07, 6.45) is 2.30. The predicted molar refractivity (Wildman–Crippen MR) is 67.2 cm³/mol. The van der Waals surface area contributed by atoms with Crippen LogP contribution in [-0.2, 0) is 4.74 Å². The number of aryl methyl sites for hydroxylation is 1. The van der Waals surface area contributed by atoms with Crippen LogP contribution < -0.4 is 10.6 Å². The molecule has 92 valence electrons. The normalized spacial score (nSPS) is 19.0. The smallest absolute Gasteiger partial charge is 0.319 e. The maximum absolute atomic E-state index is 11.6. The van der Waals surface area contributed by atoms with Crippen LogP contribution in [0.15, 0.2) is 24.3 Å². The largest absolute Gasteiger partial charge is 0.376 e. The fourth-order valence-corrected chi connectivity index (χ4v) is 1.82. The summed E-state index contributed by atoms with van der Waals surface area (Å²) in [5.74, 6) is 0. The third-order valence-corrected chi connectivity index (χ3v) is 2.82. The van der Waals surface area contributed by atoms with Crippen LogP contribution in [0.2, 0.25) is 0 Å². The lowest BCUT2D eigenvalue weighted by Gasteiger charge is -2.11. The summed E-state index contributed by atoms with van der Waals surface area (Å²) < 4.78 is 5.43. The fourth-order valence-electron chi connectivity index (χ4n) is 1.82. The van der Waals surface area contributed by atoms with Gasteiger partial charge in [-0.05, 0) is 31.9 Å². The molecule has 0 aliphatic carbocycles. The quantitative estimate of drug-likeness (QED) is 0.843. The number of hydrogen-bond donors (Lipinski definition) is 2. The summed E-state index contributed by atoms with van der Waals surface area (Å²) in [4.78, 5) is 11.6. The number of benzene rings is 1. The number of carbonyl (C=O) groups excluding carboxylic acids is 1. The van der Waals surface area contributed by atoms with Crippen LogP contribution in [0.1, 0.15) is 18.4 Å². The van der Waals surface area contributed by atoms with Gasteiger partial charge in [-0.3, -0.25) is 0 Å². The van der Waals surface area contributed by atoms with Crippen LogP contribution in [0.25, 0.3) is 0 Å². The molecule has 0 spiro atoms. The fraction of sp³-hybridized carbons (Fsp3) is 0.462. The molecule has 1 atom stereocenters. The van der Waals surface area contributed by atoms with Gasteiger partial charge < -0.3 is 15.4 Å². The van der Waals surface area contributed by atoms with Gasteiger partial charge in [-0.1, -0.05) is 17.7 Å². The third kappa shape index (κ3) is 3.75. The molecule has 1 aliphatic rings. The van der Waals surface area contributed by atoms with Crippen LogP contribution in [-0.4, -0.2) is 25.3 Å². The summed E-state index contributed by atoms with van der Waals surface area (Å²) in [5, 5.41) is 5.60. The first-order valence-corrected chi connectivity index (χ1v) is 5.97. The van der Waals surface area contributed by atoms with Crippen molar-refractivity contribution in [3.05, 3.63) is 29.8 Å². The van der Waals surface area contributed by atoms with E-state index in [0.29, 0.717) is 6.54 Å². The Balaban J connectivity index is 1.74. The van der Waals surface area contributed by atoms with Crippen molar-refractivity contribution in [2.24, 2.45) is 0 Å². The van der Waals surface area contributed by atoms with Gasteiger partial charge in [-0.25, -0.2) is 4.79 Å². The number of urea groups is 1. The lowest BCUT2D eigenvalue weighted by Crippen LogP contribution is -2.34. The van der Waals surface area contributed by atoms with Gasteiger partial charge in [0, 0.05) is 18.8 Å². The van der Waals surface area contributed by atoms with Crippen molar-refractivity contribution >= 4 is 11.7 Å². The Bertz CT molecular complexity index is 370. The maximum atomic E-state index is 11.6. The molecule has 1 aromatic carbocycles. The molecule has 2 N–H and O–H groups in total. The SMILES string of the molecule is Cc1ccc(NC(=O)NC[C@H]2CCCO2)cc1. The molecule has 1 aliphatic heterocycles. The first kappa shape index (κ1) is 11.9. The van der Waals surface area contributed by atoms with Crippen LogP contribution >= 0.6 is 0 Å². The van der Waals surface area contributed by atoms with E-state index in [4.69, 9.17) is 4.74 Å². The second-order valence-electron chi connectivity index (χ2n) is 4.34. The molecular formula is C13H18N2O2. The van der Waals surface area contributed by atoms with Crippen LogP contribution in [0.4, 0.5) is 10.5 Å². The zero-order valence-electron chi connectivity index (χ0n) is 10.0. The highest BCUT2D eigenvalue weighted by Gasteiger charge is 2.15. The van der Waals surface area contributed by atoms with E-state index in [2.05, 4.69) is 10.6 Å². The van der Waals surface area contributed by atoms with Gasteiger partial charge in [0.2, 0.25) is 0 Å². The molecule has 1 fully saturated rings. The highest BCUT2D eigenvalue weighted by atomic mass is 16.5. The Morgan fingerprint density at radius 3 is 2.82 bits per heavy atom. The third-order valence-electron chi connectivity index (χ3n) is 2.82. The predicted octanol–water partition coefficient (Wildman–Crippen LogP) is 2.30. The van der Waals surface area contributed by atoms with E-state index in [1.165, 1.54) is 5.56 Å². The van der Waals surface area contributed by atoms with Crippen molar-refractivity contribution in [1.82, 2.24) is 5.32 Å². The first-order chi connectivity index (χ1) is 8.24. The minimum atomic E-state index is -0.177. The van der Waals surface area contributed by atoms with E-state index in [9.17, 15) is 4.79 Å². The van der Waals surface area contributed by atoms with Gasteiger partial charge in [-0.15, -0.1) is 0 Å². The standard InChI is InChI=1S/C13H18N2O2/c1-10-4-6-11(7-5-10)15-13(16)14-9-12-3-2-8-17-12/h4-7,12H,2-3,8-9H2,1H3,(H2,14,15,16)/t12-/m1/s1. The molecule has 17 heavy (non-hydrogen) atoms. The highest BCUT2D eigenvalue weighted by Crippen LogP contribution is 2.11. The van der Waals surface area contributed by atoms with Gasteiger partial charge in [0.1, 0.15) is 0 Å². The monoisotopic (exact) mass is 234 g/mol. The summed E-state index contributed by atoms with van der Waals surface area (Å²) in [5.41, 5.74) is 1.98. The van der Waals surface area contributed by atoms with Gasteiger partial charge >= 0.3 is 6.03 Å². The molecule has 1 saturated heterocycles. The molecule has 0 unspecified atom stereocenters. The lowest BCUT2D eigenvalue weighted by atomic mass is 10.2. The summed E-state index contributed by atoms with van der Waals surface area (Å²) in [7, 11) is 0. The van der Waals surface area contributed by atoms with Crippen LogP contribution in [0.3, 0.4) is 0 Å². The molecule has 1 aromatic rings. The molecule has 0 bridgehead atoms. The Kier molecular flexibility index (Phi) is 3.98. The summed E-state index contributed by atoms with van der Waals surface area (Å²) >= 11 is 0. The molecule has 2 rings (SSSR count). The van der Waals surface area contributed by atoms with E-state index in [0.717, 1.165) is 25.1 Å². The second-order valence-corrected chi connectivity index (χ2v) is 4.34. The highest BCUT2D eigenvalue weighted by molar-refractivity contribution is 5.89. The molecule has 4 nitrogen and oxygen atoms in total. The topological polar surface area (TPSA) is 50.4 Å². The molecule has 0 aromatic heterocycles. The Hall–Kier alpha value is -1.55. The Morgan fingerprint density at radius 2 is 2.18 bits per heavy atom. The average Bonchev–Trinajstić information content (AvgIpc) is 2.83. The van der Waals surface area contributed by atoms with Crippen LogP contribution in [0, 0.1) is 6.92 Å². The number of ether oxygens (including phenoxy) is 1. The first-order valence-electron chi connectivity index (χ1n) is 5.97. The minimum Gasteiger partial charge on any atom is -0.376 e. The second kappa shape index (κ2) is 5.68.